The van der Waals surface area contributed by atoms with E-state index in [0.29, 0.717) is 17.4 Å². The summed E-state index contributed by atoms with van der Waals surface area (Å²) in [5.74, 6) is 1.38. The number of hydrogen-bond donors (Lipinski definition) is 2. The van der Waals surface area contributed by atoms with Gasteiger partial charge in [-0.15, -0.1) is 0 Å². The molecular formula is C20H18N4O3. The Morgan fingerprint density at radius 1 is 1.04 bits per heavy atom. The summed E-state index contributed by atoms with van der Waals surface area (Å²) in [7, 11) is 0. The Balaban J connectivity index is 1.52. The molecule has 0 aliphatic carbocycles. The fourth-order valence-electron chi connectivity index (χ4n) is 2.71. The van der Waals surface area contributed by atoms with Gasteiger partial charge in [-0.05, 0) is 49.2 Å². The average Bonchev–Trinajstić information content (AvgIpc) is 3.13. The molecule has 0 fully saturated rings. The summed E-state index contributed by atoms with van der Waals surface area (Å²) in [6.07, 6.45) is 1.54. The third-order valence-electron chi connectivity index (χ3n) is 4.16. The molecule has 0 radical (unpaired) electrons. The molecule has 2 N–H and O–H groups in total. The van der Waals surface area contributed by atoms with Crippen LogP contribution in [0.5, 0.6) is 11.5 Å². The molecule has 0 saturated heterocycles. The Bertz CT molecular complexity index is 1020. The highest BCUT2D eigenvalue weighted by Crippen LogP contribution is 2.34. The second-order valence-electron chi connectivity index (χ2n) is 6.23. The van der Waals surface area contributed by atoms with Crippen molar-refractivity contribution >= 4 is 23.2 Å². The summed E-state index contributed by atoms with van der Waals surface area (Å²) in [6, 6.07) is 12.9. The molecule has 0 saturated carbocycles. The molecule has 136 valence electrons. The molecule has 1 aromatic heterocycles. The van der Waals surface area contributed by atoms with Crippen LogP contribution in [0.25, 0.3) is 0 Å². The number of benzene rings is 2. The number of nitrogens with one attached hydrogen (secondary N) is 2. The van der Waals surface area contributed by atoms with Gasteiger partial charge in [0.05, 0.1) is 0 Å². The summed E-state index contributed by atoms with van der Waals surface area (Å²) in [4.78, 5) is 21.0. The van der Waals surface area contributed by atoms with Crippen LogP contribution in [0.3, 0.4) is 0 Å². The van der Waals surface area contributed by atoms with Gasteiger partial charge in [-0.2, -0.15) is 0 Å². The standard InChI is InChI=1S/C20H18N4O3/c1-12-3-4-13(2)16(9-12)23-19(25)15-7-8-21-20(24-15)22-14-5-6-17-18(10-14)27-11-26-17/h3-10H,11H2,1-2H3,(H,23,25)(H,21,22,24). The summed E-state index contributed by atoms with van der Waals surface area (Å²) in [5, 5.41) is 5.97. The van der Waals surface area contributed by atoms with Crippen molar-refractivity contribution in [3.8, 4) is 11.5 Å². The highest BCUT2D eigenvalue weighted by atomic mass is 16.7. The topological polar surface area (TPSA) is 85.4 Å². The van der Waals surface area contributed by atoms with E-state index in [1.807, 2.05) is 44.2 Å². The van der Waals surface area contributed by atoms with Crippen molar-refractivity contribution in [1.82, 2.24) is 9.97 Å². The van der Waals surface area contributed by atoms with Gasteiger partial charge in [0.15, 0.2) is 11.5 Å². The normalized spacial score (nSPS) is 11.9. The van der Waals surface area contributed by atoms with Crippen molar-refractivity contribution in [2.75, 3.05) is 17.4 Å². The molecule has 2 heterocycles. The molecule has 7 nitrogen and oxygen atoms in total. The van der Waals surface area contributed by atoms with Crippen LogP contribution >= 0.6 is 0 Å². The predicted octanol–water partition coefficient (Wildman–Crippen LogP) is 3.82. The second kappa shape index (κ2) is 6.95. The molecule has 0 bridgehead atoms. The smallest absolute Gasteiger partial charge is 0.274 e. The number of carbonyl (C=O) groups excluding carboxylic acids is 1. The lowest BCUT2D eigenvalue weighted by atomic mass is 10.1. The molecule has 0 atom stereocenters. The molecule has 0 unspecified atom stereocenters. The average molecular weight is 362 g/mol. The Kier molecular flexibility index (Phi) is 4.33. The molecule has 1 aliphatic rings. The maximum absolute atomic E-state index is 12.6. The van der Waals surface area contributed by atoms with Gasteiger partial charge in [0.1, 0.15) is 5.69 Å². The Morgan fingerprint density at radius 3 is 2.78 bits per heavy atom. The SMILES string of the molecule is Cc1ccc(C)c(NC(=O)c2ccnc(Nc3ccc4c(c3)OCO4)n2)c1. The summed E-state index contributed by atoms with van der Waals surface area (Å²) in [5.41, 5.74) is 3.84. The molecule has 27 heavy (non-hydrogen) atoms. The number of ether oxygens (including phenoxy) is 2. The molecule has 1 amide bonds. The van der Waals surface area contributed by atoms with E-state index in [1.165, 1.54) is 0 Å². The van der Waals surface area contributed by atoms with Gasteiger partial charge in [-0.3, -0.25) is 4.79 Å². The van der Waals surface area contributed by atoms with E-state index in [9.17, 15) is 4.79 Å². The maximum Gasteiger partial charge on any atom is 0.274 e. The minimum atomic E-state index is -0.292. The van der Waals surface area contributed by atoms with Crippen LogP contribution in [0.15, 0.2) is 48.7 Å². The number of anilines is 3. The largest absolute Gasteiger partial charge is 0.454 e. The first-order chi connectivity index (χ1) is 13.1. The van der Waals surface area contributed by atoms with E-state index >= 15 is 0 Å². The van der Waals surface area contributed by atoms with Gasteiger partial charge < -0.3 is 20.1 Å². The van der Waals surface area contributed by atoms with Crippen LogP contribution in [-0.4, -0.2) is 22.7 Å². The first-order valence-corrected chi connectivity index (χ1v) is 8.47. The van der Waals surface area contributed by atoms with Gasteiger partial charge >= 0.3 is 0 Å². The van der Waals surface area contributed by atoms with Crippen LogP contribution in [0, 0.1) is 13.8 Å². The number of hydrogen-bond acceptors (Lipinski definition) is 6. The number of fused-ring (bicyclic) bond motifs is 1. The molecular weight excluding hydrogens is 344 g/mol. The highest BCUT2D eigenvalue weighted by Gasteiger charge is 2.14. The zero-order valence-corrected chi connectivity index (χ0v) is 14.9. The first-order valence-electron chi connectivity index (χ1n) is 8.47. The summed E-state index contributed by atoms with van der Waals surface area (Å²) >= 11 is 0. The van der Waals surface area contributed by atoms with Gasteiger partial charge in [0, 0.05) is 23.6 Å². The number of rotatable bonds is 4. The second-order valence-corrected chi connectivity index (χ2v) is 6.23. The lowest BCUT2D eigenvalue weighted by Gasteiger charge is -2.10. The molecule has 7 heteroatoms. The molecule has 0 spiro atoms. The van der Waals surface area contributed by atoms with Crippen molar-refractivity contribution in [1.29, 1.82) is 0 Å². The Hall–Kier alpha value is -3.61. The highest BCUT2D eigenvalue weighted by molar-refractivity contribution is 6.03. The molecule has 1 aliphatic heterocycles. The quantitative estimate of drug-likeness (QED) is 0.734. The van der Waals surface area contributed by atoms with Gasteiger partial charge in [-0.25, -0.2) is 9.97 Å². The maximum atomic E-state index is 12.6. The van der Waals surface area contributed by atoms with E-state index < -0.39 is 0 Å². The van der Waals surface area contributed by atoms with Crippen LogP contribution in [-0.2, 0) is 0 Å². The summed E-state index contributed by atoms with van der Waals surface area (Å²) in [6.45, 7) is 4.14. The minimum absolute atomic E-state index is 0.212. The molecule has 3 aromatic rings. The van der Waals surface area contributed by atoms with E-state index in [4.69, 9.17) is 9.47 Å². The van der Waals surface area contributed by atoms with Crippen molar-refractivity contribution < 1.29 is 14.3 Å². The predicted molar refractivity (Wildman–Crippen MR) is 102 cm³/mol. The molecule has 4 rings (SSSR count). The van der Waals surface area contributed by atoms with E-state index in [1.54, 1.807) is 18.3 Å². The fourth-order valence-corrected chi connectivity index (χ4v) is 2.71. The third-order valence-corrected chi connectivity index (χ3v) is 4.16. The van der Waals surface area contributed by atoms with Crippen molar-refractivity contribution in [3.05, 3.63) is 65.5 Å². The van der Waals surface area contributed by atoms with Crippen LogP contribution in [0.1, 0.15) is 21.6 Å². The van der Waals surface area contributed by atoms with Gasteiger partial charge in [-0.1, -0.05) is 12.1 Å². The number of amides is 1. The van der Waals surface area contributed by atoms with Gasteiger partial charge in [0.25, 0.3) is 5.91 Å². The molecule has 2 aromatic carbocycles. The minimum Gasteiger partial charge on any atom is -0.454 e. The number of carbonyl (C=O) groups is 1. The zero-order chi connectivity index (χ0) is 18.8. The van der Waals surface area contributed by atoms with Crippen molar-refractivity contribution in [2.45, 2.75) is 13.8 Å². The van der Waals surface area contributed by atoms with Crippen LogP contribution < -0.4 is 20.1 Å². The van der Waals surface area contributed by atoms with Crippen LogP contribution in [0.2, 0.25) is 0 Å². The number of aryl methyl sites for hydroxylation is 2. The zero-order valence-electron chi connectivity index (χ0n) is 14.9. The third kappa shape index (κ3) is 3.67. The fraction of sp³-hybridized carbons (Fsp3) is 0.150. The van der Waals surface area contributed by atoms with Crippen molar-refractivity contribution in [2.24, 2.45) is 0 Å². The van der Waals surface area contributed by atoms with E-state index in [-0.39, 0.29) is 18.4 Å². The van der Waals surface area contributed by atoms with Crippen molar-refractivity contribution in [3.63, 3.8) is 0 Å². The summed E-state index contributed by atoms with van der Waals surface area (Å²) < 4.78 is 10.7. The number of aromatic nitrogens is 2. The number of nitrogens with zero attached hydrogens (tertiary/aromatic N) is 2. The Morgan fingerprint density at radius 2 is 1.89 bits per heavy atom. The van der Waals surface area contributed by atoms with E-state index in [0.717, 1.165) is 22.5 Å². The monoisotopic (exact) mass is 362 g/mol. The van der Waals surface area contributed by atoms with Crippen LogP contribution in [0.4, 0.5) is 17.3 Å². The van der Waals surface area contributed by atoms with E-state index in [2.05, 4.69) is 20.6 Å². The first kappa shape index (κ1) is 16.8. The van der Waals surface area contributed by atoms with Gasteiger partial charge in [0.2, 0.25) is 12.7 Å². The Labute approximate surface area is 156 Å². The lowest BCUT2D eigenvalue weighted by molar-refractivity contribution is 0.102. The lowest BCUT2D eigenvalue weighted by Crippen LogP contribution is -2.15.